The topological polar surface area (TPSA) is 152 Å². The third-order valence-electron chi connectivity index (χ3n) is 8.13. The summed E-state index contributed by atoms with van der Waals surface area (Å²) in [6.45, 7) is -0.280. The summed E-state index contributed by atoms with van der Waals surface area (Å²) in [5.41, 5.74) is 2.07. The predicted octanol–water partition coefficient (Wildman–Crippen LogP) is 4.19. The Morgan fingerprint density at radius 1 is 0.977 bits per heavy atom. The molecule has 4 N–H and O–H groups in total. The summed E-state index contributed by atoms with van der Waals surface area (Å²) in [7, 11) is 1.34. The molecule has 5 atom stereocenters. The molecular formula is C29H22BrCl2N3O8. The van der Waals surface area contributed by atoms with Crippen LogP contribution in [0, 0.1) is 0 Å². The van der Waals surface area contributed by atoms with Gasteiger partial charge in [0.05, 0.1) is 43.2 Å². The Bertz CT molecular complexity index is 2020. The van der Waals surface area contributed by atoms with E-state index in [-0.39, 0.29) is 28.1 Å². The fourth-order valence-corrected chi connectivity index (χ4v) is 7.05. The number of imide groups is 1. The Kier molecular flexibility index (Phi) is 6.93. The van der Waals surface area contributed by atoms with E-state index in [0.29, 0.717) is 48.6 Å². The number of methoxy groups -OCH3 is 1. The summed E-state index contributed by atoms with van der Waals surface area (Å²) >= 11 is 16.4. The van der Waals surface area contributed by atoms with Gasteiger partial charge in [-0.25, -0.2) is 0 Å². The van der Waals surface area contributed by atoms with Gasteiger partial charge in [0.15, 0.2) is 6.23 Å². The zero-order chi connectivity index (χ0) is 30.3. The summed E-state index contributed by atoms with van der Waals surface area (Å²) < 4.78 is 18.7. The van der Waals surface area contributed by atoms with Gasteiger partial charge < -0.3 is 34.0 Å². The number of esters is 1. The number of benzene rings is 3. The molecule has 0 radical (unpaired) electrons. The Labute approximate surface area is 260 Å². The molecule has 7 rings (SSSR count). The number of aromatic nitrogens is 2. The van der Waals surface area contributed by atoms with Gasteiger partial charge in [0.1, 0.15) is 36.4 Å². The van der Waals surface area contributed by atoms with Gasteiger partial charge in [-0.15, -0.1) is 0 Å². The van der Waals surface area contributed by atoms with Crippen molar-refractivity contribution in [1.82, 2.24) is 14.9 Å². The first-order chi connectivity index (χ1) is 20.7. The third kappa shape index (κ3) is 4.05. The third-order valence-corrected chi connectivity index (χ3v) is 9.21. The van der Waals surface area contributed by atoms with Gasteiger partial charge in [0.2, 0.25) is 0 Å². The SMILES string of the molecule is CO[C@H]1[C@H](O)[C@@H](O)C(n2c3c(Cl)cccc3c3c4c(c5c6cccc(Cl)c6[nH]c5c32)C(=O)NC4=O)O[C@@H]1COC(=O)CBr. The van der Waals surface area contributed by atoms with Gasteiger partial charge in [-0.05, 0) is 12.1 Å². The molecule has 2 aromatic heterocycles. The molecule has 2 aliphatic rings. The molecule has 5 aromatic rings. The first-order valence-electron chi connectivity index (χ1n) is 13.2. The van der Waals surface area contributed by atoms with Crippen LogP contribution in [0.3, 0.4) is 0 Å². The van der Waals surface area contributed by atoms with E-state index in [0.717, 1.165) is 0 Å². The van der Waals surface area contributed by atoms with Crippen LogP contribution in [-0.2, 0) is 19.0 Å². The lowest BCUT2D eigenvalue weighted by Crippen LogP contribution is -2.57. The minimum atomic E-state index is -1.56. The number of para-hydroxylation sites is 2. The highest BCUT2D eigenvalue weighted by Crippen LogP contribution is 2.48. The number of ether oxygens (including phenoxy) is 3. The van der Waals surface area contributed by atoms with Crippen molar-refractivity contribution in [1.29, 1.82) is 0 Å². The van der Waals surface area contributed by atoms with Crippen molar-refractivity contribution in [3.8, 4) is 0 Å². The lowest BCUT2D eigenvalue weighted by molar-refractivity contribution is -0.256. The molecule has 3 aromatic carbocycles. The number of rotatable bonds is 5. The predicted molar refractivity (Wildman–Crippen MR) is 162 cm³/mol. The number of amides is 2. The Morgan fingerprint density at radius 2 is 1.65 bits per heavy atom. The minimum Gasteiger partial charge on any atom is -0.462 e. The molecular weight excluding hydrogens is 669 g/mol. The number of H-pyrrole nitrogens is 1. The van der Waals surface area contributed by atoms with Crippen molar-refractivity contribution < 1.29 is 38.8 Å². The minimum absolute atomic E-state index is 0.0543. The number of fused-ring (bicyclic) bond motifs is 10. The van der Waals surface area contributed by atoms with Crippen LogP contribution in [0.5, 0.6) is 0 Å². The van der Waals surface area contributed by atoms with E-state index in [1.54, 1.807) is 41.0 Å². The second-order valence-electron chi connectivity index (χ2n) is 10.4. The largest absolute Gasteiger partial charge is 0.462 e. The van der Waals surface area contributed by atoms with E-state index in [4.69, 9.17) is 37.4 Å². The van der Waals surface area contributed by atoms with Crippen molar-refractivity contribution in [2.24, 2.45) is 0 Å². The van der Waals surface area contributed by atoms with Gasteiger partial charge in [0.25, 0.3) is 11.8 Å². The van der Waals surface area contributed by atoms with E-state index in [1.165, 1.54) is 7.11 Å². The first-order valence-corrected chi connectivity index (χ1v) is 15.0. The molecule has 222 valence electrons. The van der Waals surface area contributed by atoms with Crippen molar-refractivity contribution >= 4 is 101 Å². The molecule has 2 amide bonds. The highest BCUT2D eigenvalue weighted by Gasteiger charge is 2.48. The number of halogens is 3. The number of carbonyl (C=O) groups excluding carboxylic acids is 3. The van der Waals surface area contributed by atoms with E-state index in [9.17, 15) is 24.6 Å². The molecule has 1 saturated heterocycles. The summed E-state index contributed by atoms with van der Waals surface area (Å²) in [5.74, 6) is -1.71. The molecule has 2 aliphatic heterocycles. The summed E-state index contributed by atoms with van der Waals surface area (Å²) in [6, 6.07) is 10.3. The second-order valence-corrected chi connectivity index (χ2v) is 11.7. The van der Waals surface area contributed by atoms with Crippen LogP contribution in [0.1, 0.15) is 26.9 Å². The smallest absolute Gasteiger partial charge is 0.316 e. The van der Waals surface area contributed by atoms with Crippen LogP contribution in [0.4, 0.5) is 0 Å². The summed E-state index contributed by atoms with van der Waals surface area (Å²) in [4.78, 5) is 41.9. The van der Waals surface area contributed by atoms with Crippen LogP contribution in [0.2, 0.25) is 10.0 Å². The Balaban J connectivity index is 1.60. The number of aromatic amines is 1. The van der Waals surface area contributed by atoms with E-state index >= 15 is 0 Å². The van der Waals surface area contributed by atoms with Gasteiger partial charge >= 0.3 is 5.97 Å². The molecule has 1 fully saturated rings. The molecule has 1 unspecified atom stereocenters. The number of hydrogen-bond acceptors (Lipinski definition) is 8. The van der Waals surface area contributed by atoms with Crippen LogP contribution in [0.25, 0.3) is 43.6 Å². The van der Waals surface area contributed by atoms with Crippen LogP contribution < -0.4 is 5.32 Å². The maximum Gasteiger partial charge on any atom is 0.316 e. The average molecular weight is 691 g/mol. The van der Waals surface area contributed by atoms with Crippen molar-refractivity contribution in [2.75, 3.05) is 19.0 Å². The Hall–Kier alpha value is -3.23. The fourth-order valence-electron chi connectivity index (χ4n) is 6.40. The van der Waals surface area contributed by atoms with Crippen molar-refractivity contribution in [3.63, 3.8) is 0 Å². The molecule has 43 heavy (non-hydrogen) atoms. The zero-order valence-electron chi connectivity index (χ0n) is 22.2. The summed E-state index contributed by atoms with van der Waals surface area (Å²) in [6.07, 6.45) is -6.39. The molecule has 0 bridgehead atoms. The van der Waals surface area contributed by atoms with Crippen molar-refractivity contribution in [2.45, 2.75) is 30.6 Å². The number of nitrogens with zero attached hydrogens (tertiary/aromatic N) is 1. The normalized spacial score (nSPS) is 23.9. The molecule has 14 heteroatoms. The number of carbonyl (C=O) groups is 3. The van der Waals surface area contributed by atoms with Crippen LogP contribution in [0.15, 0.2) is 36.4 Å². The molecule has 0 saturated carbocycles. The first kappa shape index (κ1) is 28.5. The van der Waals surface area contributed by atoms with Crippen LogP contribution in [-0.4, -0.2) is 81.0 Å². The summed E-state index contributed by atoms with van der Waals surface area (Å²) in [5, 5.41) is 27.7. The monoisotopic (exact) mass is 689 g/mol. The fraction of sp³-hybridized carbons (Fsp3) is 0.276. The number of alkyl halides is 1. The van der Waals surface area contributed by atoms with Gasteiger partial charge in [-0.1, -0.05) is 63.4 Å². The van der Waals surface area contributed by atoms with Gasteiger partial charge in [0, 0.05) is 28.7 Å². The van der Waals surface area contributed by atoms with E-state index in [1.807, 2.05) is 0 Å². The second kappa shape index (κ2) is 10.4. The average Bonchev–Trinajstić information content (AvgIpc) is 3.63. The zero-order valence-corrected chi connectivity index (χ0v) is 25.3. The highest BCUT2D eigenvalue weighted by atomic mass is 79.9. The molecule has 4 heterocycles. The van der Waals surface area contributed by atoms with E-state index in [2.05, 4.69) is 26.2 Å². The maximum absolute atomic E-state index is 13.4. The van der Waals surface area contributed by atoms with Crippen molar-refractivity contribution in [3.05, 3.63) is 57.6 Å². The van der Waals surface area contributed by atoms with Gasteiger partial charge in [-0.2, -0.15) is 0 Å². The van der Waals surface area contributed by atoms with Gasteiger partial charge in [-0.3, -0.25) is 19.7 Å². The quantitative estimate of drug-likeness (QED) is 0.122. The number of nitrogens with one attached hydrogen (secondary N) is 2. The lowest BCUT2D eigenvalue weighted by Gasteiger charge is -2.42. The number of aliphatic hydroxyl groups is 2. The lowest BCUT2D eigenvalue weighted by atomic mass is 9.96. The number of hydrogen-bond donors (Lipinski definition) is 4. The standard InChI is InChI=1S/C29H22BrCl2N3O8/c1-41-26-14(9-42-15(36)8-30)43-29(25(38)24(26)37)35-22-11(5-3-7-13(22)32)17-19-18(27(39)34-28(19)40)16-10-4-2-6-12(31)20(10)33-21(16)23(17)35/h2-7,14,24-26,29,33,37-38H,8-9H2,1H3,(H,34,39,40)/t14-,24-,25-,26-,29?/m1/s1. The number of aliphatic hydroxyl groups excluding tert-OH is 2. The van der Waals surface area contributed by atoms with E-state index < -0.39 is 48.4 Å². The Morgan fingerprint density at radius 3 is 2.35 bits per heavy atom. The molecule has 0 aliphatic carbocycles. The molecule has 0 spiro atoms. The highest BCUT2D eigenvalue weighted by molar-refractivity contribution is 9.09. The van der Waals surface area contributed by atoms with Crippen LogP contribution >= 0.6 is 39.1 Å². The molecule has 11 nitrogen and oxygen atoms in total. The maximum atomic E-state index is 13.4.